The second-order valence-corrected chi connectivity index (χ2v) is 6.49. The summed E-state index contributed by atoms with van der Waals surface area (Å²) in [5.41, 5.74) is 5.72. The third-order valence-corrected chi connectivity index (χ3v) is 4.97. The Kier molecular flexibility index (Phi) is 4.24. The minimum Gasteiger partial charge on any atom is -0.382 e. The number of nitro benzene ring substituents is 1. The Labute approximate surface area is 151 Å². The van der Waals surface area contributed by atoms with Gasteiger partial charge < -0.3 is 10.4 Å². The molecule has 4 rings (SSSR count). The summed E-state index contributed by atoms with van der Waals surface area (Å²) in [5.74, 6) is 0. The van der Waals surface area contributed by atoms with Gasteiger partial charge in [0.15, 0.2) is 0 Å². The SMILES string of the molecule is O=[N+]([O-])c1ccc([C@@H](O)C[NH2+]C2c3ccccc3-c3ccccc32)cc1. The molecule has 0 bridgehead atoms. The molecule has 0 radical (unpaired) electrons. The summed E-state index contributed by atoms with van der Waals surface area (Å²) in [5, 5.41) is 23.4. The van der Waals surface area contributed by atoms with E-state index in [2.05, 4.69) is 29.6 Å². The lowest BCUT2D eigenvalue weighted by atomic mass is 10.0. The maximum Gasteiger partial charge on any atom is 0.269 e. The van der Waals surface area contributed by atoms with E-state index in [-0.39, 0.29) is 11.7 Å². The molecule has 3 aromatic rings. The molecule has 0 fully saturated rings. The zero-order valence-corrected chi connectivity index (χ0v) is 14.1. The number of hydrogen-bond acceptors (Lipinski definition) is 3. The van der Waals surface area contributed by atoms with E-state index in [1.807, 2.05) is 24.3 Å². The highest BCUT2D eigenvalue weighted by Gasteiger charge is 2.31. The van der Waals surface area contributed by atoms with Crippen LogP contribution >= 0.6 is 0 Å². The zero-order chi connectivity index (χ0) is 18.1. The Hall–Kier alpha value is -3.02. The van der Waals surface area contributed by atoms with Gasteiger partial charge in [0.25, 0.3) is 5.69 Å². The highest BCUT2D eigenvalue weighted by Crippen LogP contribution is 2.41. The minimum atomic E-state index is -0.685. The maximum atomic E-state index is 10.8. The summed E-state index contributed by atoms with van der Waals surface area (Å²) in [6.07, 6.45) is -0.685. The van der Waals surface area contributed by atoms with Crippen molar-refractivity contribution >= 4 is 5.69 Å². The van der Waals surface area contributed by atoms with Gasteiger partial charge in [-0.25, -0.2) is 0 Å². The fourth-order valence-electron chi connectivity index (χ4n) is 3.67. The molecule has 0 heterocycles. The number of rotatable bonds is 5. The van der Waals surface area contributed by atoms with Crippen molar-refractivity contribution in [3.8, 4) is 11.1 Å². The van der Waals surface area contributed by atoms with Crippen molar-refractivity contribution in [2.45, 2.75) is 12.1 Å². The first kappa shape index (κ1) is 16.4. The smallest absolute Gasteiger partial charge is 0.269 e. The standard InChI is InChI=1S/C21H18N2O3/c24-20(14-9-11-15(12-10-14)23(25)26)13-22-21-18-7-3-1-5-16(18)17-6-2-4-8-19(17)21/h1-12,20-22,24H,13H2/p+1/t20-/m0/s1. The molecule has 1 aliphatic carbocycles. The molecule has 3 N–H and O–H groups in total. The summed E-state index contributed by atoms with van der Waals surface area (Å²) < 4.78 is 0. The van der Waals surface area contributed by atoms with Crippen molar-refractivity contribution in [2.75, 3.05) is 6.54 Å². The summed E-state index contributed by atoms with van der Waals surface area (Å²) in [6, 6.07) is 22.9. The fraction of sp³-hybridized carbons (Fsp3) is 0.143. The van der Waals surface area contributed by atoms with Crippen LogP contribution in [-0.2, 0) is 0 Å². The fourth-order valence-corrected chi connectivity index (χ4v) is 3.67. The zero-order valence-electron chi connectivity index (χ0n) is 14.1. The van der Waals surface area contributed by atoms with Crippen molar-refractivity contribution in [3.63, 3.8) is 0 Å². The first-order chi connectivity index (χ1) is 12.6. The van der Waals surface area contributed by atoms with E-state index in [4.69, 9.17) is 0 Å². The van der Waals surface area contributed by atoms with E-state index < -0.39 is 11.0 Å². The Morgan fingerprint density at radius 3 is 2.00 bits per heavy atom. The summed E-state index contributed by atoms with van der Waals surface area (Å²) in [4.78, 5) is 10.3. The second-order valence-electron chi connectivity index (χ2n) is 6.49. The maximum absolute atomic E-state index is 10.8. The number of fused-ring (bicyclic) bond motifs is 3. The van der Waals surface area contributed by atoms with Gasteiger partial charge in [0.05, 0.1) is 4.92 Å². The lowest BCUT2D eigenvalue weighted by Gasteiger charge is -2.16. The van der Waals surface area contributed by atoms with E-state index >= 15 is 0 Å². The molecule has 0 amide bonds. The van der Waals surface area contributed by atoms with Gasteiger partial charge in [0.1, 0.15) is 18.7 Å². The molecule has 26 heavy (non-hydrogen) atoms. The number of aliphatic hydroxyl groups is 1. The van der Waals surface area contributed by atoms with Gasteiger partial charge in [-0.3, -0.25) is 10.1 Å². The Morgan fingerprint density at radius 2 is 1.46 bits per heavy atom. The number of non-ortho nitro benzene ring substituents is 1. The third-order valence-electron chi connectivity index (χ3n) is 4.97. The number of aliphatic hydroxyl groups excluding tert-OH is 1. The number of nitrogens with two attached hydrogens (primary N) is 1. The molecular weight excluding hydrogens is 328 g/mol. The first-order valence-electron chi connectivity index (χ1n) is 8.59. The molecule has 5 heteroatoms. The molecule has 0 unspecified atom stereocenters. The number of nitrogens with zero attached hydrogens (tertiary/aromatic N) is 1. The van der Waals surface area contributed by atoms with Gasteiger partial charge in [0.2, 0.25) is 0 Å². The summed E-state index contributed by atoms with van der Waals surface area (Å²) in [7, 11) is 0. The molecule has 1 atom stereocenters. The highest BCUT2D eigenvalue weighted by atomic mass is 16.6. The topological polar surface area (TPSA) is 80.0 Å². The predicted octanol–water partition coefficient (Wildman–Crippen LogP) is 2.96. The van der Waals surface area contributed by atoms with Crippen molar-refractivity contribution in [1.29, 1.82) is 0 Å². The molecule has 3 aromatic carbocycles. The Bertz CT molecular complexity index is 908. The van der Waals surface area contributed by atoms with Crippen molar-refractivity contribution in [3.05, 3.63) is 99.6 Å². The van der Waals surface area contributed by atoms with E-state index in [1.54, 1.807) is 12.1 Å². The van der Waals surface area contributed by atoms with Gasteiger partial charge in [-0.2, -0.15) is 0 Å². The van der Waals surface area contributed by atoms with Crippen LogP contribution in [0.4, 0.5) is 5.69 Å². The van der Waals surface area contributed by atoms with Crippen molar-refractivity contribution in [2.24, 2.45) is 0 Å². The predicted molar refractivity (Wildman–Crippen MR) is 98.6 cm³/mol. The van der Waals surface area contributed by atoms with Gasteiger partial charge >= 0.3 is 0 Å². The monoisotopic (exact) mass is 347 g/mol. The van der Waals surface area contributed by atoms with Crippen LogP contribution in [0.1, 0.15) is 28.8 Å². The van der Waals surface area contributed by atoms with Crippen molar-refractivity contribution in [1.82, 2.24) is 0 Å². The quantitative estimate of drug-likeness (QED) is 0.550. The molecule has 0 aliphatic heterocycles. The first-order valence-corrected chi connectivity index (χ1v) is 8.59. The summed E-state index contributed by atoms with van der Waals surface area (Å²) in [6.45, 7) is 0.477. The minimum absolute atomic E-state index is 0.0311. The normalized spacial score (nSPS) is 13.9. The van der Waals surface area contributed by atoms with E-state index in [9.17, 15) is 15.2 Å². The van der Waals surface area contributed by atoms with Crippen LogP contribution in [0.25, 0.3) is 11.1 Å². The van der Waals surface area contributed by atoms with Gasteiger partial charge in [-0.05, 0) is 28.8 Å². The van der Waals surface area contributed by atoms with Crippen LogP contribution in [0, 0.1) is 10.1 Å². The van der Waals surface area contributed by atoms with Crippen LogP contribution in [0.5, 0.6) is 0 Å². The van der Waals surface area contributed by atoms with Crippen molar-refractivity contribution < 1.29 is 15.3 Å². The van der Waals surface area contributed by atoms with Crippen LogP contribution < -0.4 is 5.32 Å². The molecule has 0 aromatic heterocycles. The van der Waals surface area contributed by atoms with Crippen LogP contribution in [-0.4, -0.2) is 16.6 Å². The van der Waals surface area contributed by atoms with E-state index in [1.165, 1.54) is 34.4 Å². The van der Waals surface area contributed by atoms with Gasteiger partial charge in [0, 0.05) is 23.3 Å². The van der Waals surface area contributed by atoms with Crippen LogP contribution in [0.15, 0.2) is 72.8 Å². The highest BCUT2D eigenvalue weighted by molar-refractivity contribution is 5.77. The van der Waals surface area contributed by atoms with Gasteiger partial charge in [-0.1, -0.05) is 48.5 Å². The van der Waals surface area contributed by atoms with Crippen LogP contribution in [0.2, 0.25) is 0 Å². The molecule has 130 valence electrons. The summed E-state index contributed by atoms with van der Waals surface area (Å²) >= 11 is 0. The molecule has 5 nitrogen and oxygen atoms in total. The van der Waals surface area contributed by atoms with Crippen LogP contribution in [0.3, 0.4) is 0 Å². The average molecular weight is 347 g/mol. The Balaban J connectivity index is 1.53. The molecule has 1 aliphatic rings. The van der Waals surface area contributed by atoms with Gasteiger partial charge in [-0.15, -0.1) is 0 Å². The third kappa shape index (κ3) is 2.87. The second kappa shape index (κ2) is 6.71. The van der Waals surface area contributed by atoms with E-state index in [0.717, 1.165) is 0 Å². The number of quaternary nitrogens is 1. The molecular formula is C21H19N2O3+. The lowest BCUT2D eigenvalue weighted by Crippen LogP contribution is -2.86. The molecule has 0 saturated heterocycles. The lowest BCUT2D eigenvalue weighted by molar-refractivity contribution is -0.692. The largest absolute Gasteiger partial charge is 0.382 e. The molecule has 0 saturated carbocycles. The Morgan fingerprint density at radius 1 is 0.923 bits per heavy atom. The molecule has 0 spiro atoms. The number of nitro groups is 1. The number of hydrogen-bond donors (Lipinski definition) is 2. The average Bonchev–Trinajstić information content (AvgIpc) is 3.00. The van der Waals surface area contributed by atoms with E-state index in [0.29, 0.717) is 12.1 Å². The number of benzene rings is 3.